The Hall–Kier alpha value is -1.26. The fraction of sp³-hybridized carbons (Fsp3) is 0.385. The van der Waals surface area contributed by atoms with Crippen LogP contribution in [0.5, 0.6) is 0 Å². The molecule has 0 spiro atoms. The number of hydrogen-bond acceptors (Lipinski definition) is 3. The van der Waals surface area contributed by atoms with Crippen LogP contribution in [0.1, 0.15) is 24.8 Å². The summed E-state index contributed by atoms with van der Waals surface area (Å²) in [5.41, 5.74) is 0.585. The van der Waals surface area contributed by atoms with Crippen LogP contribution in [-0.4, -0.2) is 25.5 Å². The van der Waals surface area contributed by atoms with Crippen LogP contribution in [0, 0.1) is 0 Å². The Morgan fingerprint density at radius 2 is 1.89 bits per heavy atom. The first-order chi connectivity index (χ1) is 8.97. The number of rotatable bonds is 5. The van der Waals surface area contributed by atoms with Crippen molar-refractivity contribution in [3.05, 3.63) is 33.8 Å². The summed E-state index contributed by atoms with van der Waals surface area (Å²) in [6.45, 7) is 1.93. The number of halogens is 2. The number of esters is 1. The molecule has 0 aromatic heterocycles. The third-order valence-corrected chi connectivity index (χ3v) is 3.34. The molecule has 1 N–H and O–H groups in total. The van der Waals surface area contributed by atoms with Gasteiger partial charge in [-0.3, -0.25) is 9.59 Å². The first-order valence-electron chi connectivity index (χ1n) is 5.75. The second-order valence-corrected chi connectivity index (χ2v) is 4.79. The molecule has 1 amide bonds. The van der Waals surface area contributed by atoms with Crippen molar-refractivity contribution in [2.75, 3.05) is 13.7 Å². The fourth-order valence-corrected chi connectivity index (χ4v) is 2.32. The molecular formula is C13H15Cl2NO3. The number of benzene rings is 1. The van der Waals surface area contributed by atoms with E-state index in [9.17, 15) is 9.59 Å². The molecule has 0 saturated heterocycles. The summed E-state index contributed by atoms with van der Waals surface area (Å²) in [5, 5.41) is 3.54. The van der Waals surface area contributed by atoms with Crippen LogP contribution in [0.3, 0.4) is 0 Å². The summed E-state index contributed by atoms with van der Waals surface area (Å²) in [7, 11) is 1.30. The van der Waals surface area contributed by atoms with Gasteiger partial charge in [-0.05, 0) is 19.1 Å². The summed E-state index contributed by atoms with van der Waals surface area (Å²) in [6.07, 6.45) is 0.130. The molecule has 0 aliphatic heterocycles. The zero-order valence-corrected chi connectivity index (χ0v) is 12.2. The van der Waals surface area contributed by atoms with Gasteiger partial charge >= 0.3 is 5.97 Å². The van der Waals surface area contributed by atoms with Gasteiger partial charge in [-0.15, -0.1) is 0 Å². The van der Waals surface area contributed by atoms with E-state index in [1.54, 1.807) is 25.1 Å². The molecule has 6 heteroatoms. The Bertz CT molecular complexity index is 457. The molecule has 0 aliphatic carbocycles. The molecule has 1 atom stereocenters. The van der Waals surface area contributed by atoms with Crippen molar-refractivity contribution in [2.45, 2.75) is 19.3 Å². The minimum Gasteiger partial charge on any atom is -0.469 e. The summed E-state index contributed by atoms with van der Waals surface area (Å²) in [5.74, 6) is -1.10. The zero-order chi connectivity index (χ0) is 14.4. The maximum atomic E-state index is 11.9. The van der Waals surface area contributed by atoms with E-state index in [4.69, 9.17) is 23.2 Å². The van der Waals surface area contributed by atoms with Crippen LogP contribution in [0.15, 0.2) is 18.2 Å². The molecule has 0 heterocycles. The molecule has 4 nitrogen and oxygen atoms in total. The third-order valence-electron chi connectivity index (χ3n) is 2.68. The molecule has 1 aromatic rings. The van der Waals surface area contributed by atoms with E-state index in [1.807, 2.05) is 0 Å². The highest BCUT2D eigenvalue weighted by Crippen LogP contribution is 2.31. The highest BCUT2D eigenvalue weighted by molar-refractivity contribution is 6.36. The Morgan fingerprint density at radius 1 is 1.32 bits per heavy atom. The van der Waals surface area contributed by atoms with Crippen LogP contribution in [0.2, 0.25) is 10.0 Å². The Balaban J connectivity index is 2.64. The number of ether oxygens (including phenoxy) is 1. The lowest BCUT2D eigenvalue weighted by Gasteiger charge is -2.15. The number of carbonyl (C=O) groups excluding carboxylic acids is 2. The van der Waals surface area contributed by atoms with Gasteiger partial charge < -0.3 is 10.1 Å². The van der Waals surface area contributed by atoms with Crippen LogP contribution in [0.4, 0.5) is 0 Å². The van der Waals surface area contributed by atoms with E-state index in [0.29, 0.717) is 15.6 Å². The SMILES string of the molecule is COC(=O)CCNC(=O)[C@H](C)c1c(Cl)cccc1Cl. The van der Waals surface area contributed by atoms with E-state index in [-0.39, 0.29) is 24.8 Å². The monoisotopic (exact) mass is 303 g/mol. The fourth-order valence-electron chi connectivity index (χ4n) is 1.60. The van der Waals surface area contributed by atoms with Gasteiger partial charge in [0.05, 0.1) is 19.4 Å². The normalized spacial score (nSPS) is 11.8. The average molecular weight is 304 g/mol. The molecule has 0 fully saturated rings. The van der Waals surface area contributed by atoms with E-state index < -0.39 is 5.92 Å². The predicted octanol–water partition coefficient (Wildman–Crippen LogP) is 2.78. The second-order valence-electron chi connectivity index (χ2n) is 3.97. The van der Waals surface area contributed by atoms with Gasteiger partial charge in [0.15, 0.2) is 0 Å². The average Bonchev–Trinajstić information content (AvgIpc) is 2.37. The van der Waals surface area contributed by atoms with Crippen molar-refractivity contribution in [1.82, 2.24) is 5.32 Å². The lowest BCUT2D eigenvalue weighted by molar-refractivity contribution is -0.140. The maximum absolute atomic E-state index is 11.9. The molecule has 1 aromatic carbocycles. The van der Waals surface area contributed by atoms with Crippen molar-refractivity contribution < 1.29 is 14.3 Å². The van der Waals surface area contributed by atoms with Gasteiger partial charge in [0.2, 0.25) is 5.91 Å². The molecule has 19 heavy (non-hydrogen) atoms. The summed E-state index contributed by atoms with van der Waals surface area (Å²) >= 11 is 12.1. The molecule has 0 aliphatic rings. The molecule has 0 bridgehead atoms. The van der Waals surface area contributed by atoms with Crippen LogP contribution >= 0.6 is 23.2 Å². The van der Waals surface area contributed by atoms with Crippen LogP contribution in [0.25, 0.3) is 0 Å². The maximum Gasteiger partial charge on any atom is 0.307 e. The number of amides is 1. The van der Waals surface area contributed by atoms with Crippen molar-refractivity contribution >= 4 is 35.1 Å². The highest BCUT2D eigenvalue weighted by atomic mass is 35.5. The zero-order valence-electron chi connectivity index (χ0n) is 10.7. The first-order valence-corrected chi connectivity index (χ1v) is 6.51. The Labute approximate surface area is 122 Å². The van der Waals surface area contributed by atoms with Gasteiger partial charge in [0.1, 0.15) is 0 Å². The van der Waals surface area contributed by atoms with Crippen molar-refractivity contribution in [3.63, 3.8) is 0 Å². The van der Waals surface area contributed by atoms with Crippen molar-refractivity contribution in [2.24, 2.45) is 0 Å². The Kier molecular flexibility index (Phi) is 6.12. The largest absolute Gasteiger partial charge is 0.469 e. The highest BCUT2D eigenvalue weighted by Gasteiger charge is 2.20. The van der Waals surface area contributed by atoms with E-state index in [1.165, 1.54) is 7.11 Å². The molecule has 0 saturated carbocycles. The molecule has 0 unspecified atom stereocenters. The van der Waals surface area contributed by atoms with Crippen molar-refractivity contribution in [3.8, 4) is 0 Å². The lowest BCUT2D eigenvalue weighted by Crippen LogP contribution is -2.30. The topological polar surface area (TPSA) is 55.4 Å². The molecule has 104 valence electrons. The van der Waals surface area contributed by atoms with E-state index in [2.05, 4.69) is 10.1 Å². The predicted molar refractivity (Wildman–Crippen MR) is 74.5 cm³/mol. The summed E-state index contributed by atoms with van der Waals surface area (Å²) < 4.78 is 4.48. The van der Waals surface area contributed by atoms with Crippen molar-refractivity contribution in [1.29, 1.82) is 0 Å². The lowest BCUT2D eigenvalue weighted by atomic mass is 10.00. The molecule has 0 radical (unpaired) electrons. The standard InChI is InChI=1S/C13H15Cl2NO3/c1-8(12-9(14)4-3-5-10(12)15)13(18)16-7-6-11(17)19-2/h3-5,8H,6-7H2,1-2H3,(H,16,18)/t8-/m1/s1. The molecule has 1 rings (SSSR count). The van der Waals surface area contributed by atoms with Gasteiger partial charge in [-0.25, -0.2) is 0 Å². The number of nitrogens with one attached hydrogen (secondary N) is 1. The van der Waals surface area contributed by atoms with Crippen LogP contribution < -0.4 is 5.32 Å². The first kappa shape index (κ1) is 15.8. The van der Waals surface area contributed by atoms with Gasteiger partial charge in [-0.2, -0.15) is 0 Å². The van der Waals surface area contributed by atoms with Gasteiger partial charge in [0.25, 0.3) is 0 Å². The van der Waals surface area contributed by atoms with Crippen LogP contribution in [-0.2, 0) is 14.3 Å². The quantitative estimate of drug-likeness (QED) is 0.851. The van der Waals surface area contributed by atoms with E-state index >= 15 is 0 Å². The number of methoxy groups -OCH3 is 1. The number of carbonyl (C=O) groups is 2. The van der Waals surface area contributed by atoms with Gasteiger partial charge in [-0.1, -0.05) is 29.3 Å². The van der Waals surface area contributed by atoms with E-state index in [0.717, 1.165) is 0 Å². The molecular weight excluding hydrogens is 289 g/mol. The number of hydrogen-bond donors (Lipinski definition) is 1. The smallest absolute Gasteiger partial charge is 0.307 e. The Morgan fingerprint density at radius 3 is 2.42 bits per heavy atom. The second kappa shape index (κ2) is 7.36. The summed E-state index contributed by atoms with van der Waals surface area (Å²) in [6, 6.07) is 5.08. The summed E-state index contributed by atoms with van der Waals surface area (Å²) in [4.78, 5) is 22.9. The minimum atomic E-state index is -0.487. The third kappa shape index (κ3) is 4.40. The minimum absolute atomic E-state index is 0.130. The van der Waals surface area contributed by atoms with Gasteiger partial charge in [0, 0.05) is 22.2 Å².